The second kappa shape index (κ2) is 7.77. The number of hydrogen-bond acceptors (Lipinski definition) is 3. The monoisotopic (exact) mass is 330 g/mol. The van der Waals surface area contributed by atoms with Crippen molar-refractivity contribution in [3.05, 3.63) is 23.0 Å². The van der Waals surface area contributed by atoms with E-state index in [0.29, 0.717) is 5.56 Å². The quantitative estimate of drug-likeness (QED) is 0.778. The van der Waals surface area contributed by atoms with Crippen molar-refractivity contribution in [1.29, 1.82) is 0 Å². The zero-order valence-electron chi connectivity index (χ0n) is 15.8. The van der Waals surface area contributed by atoms with Crippen molar-refractivity contribution in [2.75, 3.05) is 0 Å². The molecule has 0 bridgehead atoms. The van der Waals surface area contributed by atoms with Gasteiger partial charge in [-0.1, -0.05) is 40.0 Å². The fourth-order valence-corrected chi connectivity index (χ4v) is 3.01. The van der Waals surface area contributed by atoms with E-state index in [2.05, 4.69) is 38.1 Å². The van der Waals surface area contributed by atoms with Gasteiger partial charge in [0.25, 0.3) is 5.91 Å². The number of carbonyl (C=O) groups excluding carboxylic acids is 1. The first-order chi connectivity index (χ1) is 11.3. The summed E-state index contributed by atoms with van der Waals surface area (Å²) in [7, 11) is 1.88. The zero-order chi connectivity index (χ0) is 17.9. The average Bonchev–Trinajstić information content (AvgIpc) is 2.81. The summed E-state index contributed by atoms with van der Waals surface area (Å²) in [6.45, 7) is 10.4. The molecule has 0 saturated carbocycles. The Labute approximate surface area is 144 Å². The van der Waals surface area contributed by atoms with E-state index < -0.39 is 0 Å². The smallest absolute Gasteiger partial charge is 0.252 e. The second-order valence-electron chi connectivity index (χ2n) is 7.03. The molecule has 2 aromatic heterocycles. The number of amides is 1. The Kier molecular flexibility index (Phi) is 5.97. The highest BCUT2D eigenvalue weighted by atomic mass is 16.1. The predicted octanol–water partition coefficient (Wildman–Crippen LogP) is 4.10. The standard InChI is InChI=1S/C19H30N4O/c1-7-8-9-10-13(4)20-19(24)15-11-16(12(2)3)21-18-17(15)14(5)22-23(18)6/h11-13H,7-10H2,1-6H3,(H,20,24). The Morgan fingerprint density at radius 2 is 2.00 bits per heavy atom. The van der Waals surface area contributed by atoms with Crippen LogP contribution >= 0.6 is 0 Å². The summed E-state index contributed by atoms with van der Waals surface area (Å²) in [5.74, 6) is 0.238. The maximum absolute atomic E-state index is 12.9. The van der Waals surface area contributed by atoms with Crippen molar-refractivity contribution in [1.82, 2.24) is 20.1 Å². The predicted molar refractivity (Wildman–Crippen MR) is 98.4 cm³/mol. The maximum Gasteiger partial charge on any atom is 0.252 e. The van der Waals surface area contributed by atoms with Gasteiger partial charge in [-0.25, -0.2) is 4.98 Å². The maximum atomic E-state index is 12.9. The number of nitrogens with one attached hydrogen (secondary N) is 1. The van der Waals surface area contributed by atoms with Gasteiger partial charge in [-0.2, -0.15) is 5.10 Å². The lowest BCUT2D eigenvalue weighted by molar-refractivity contribution is 0.0939. The zero-order valence-corrected chi connectivity index (χ0v) is 15.8. The summed E-state index contributed by atoms with van der Waals surface area (Å²) in [4.78, 5) is 17.6. The van der Waals surface area contributed by atoms with Gasteiger partial charge in [-0.3, -0.25) is 9.48 Å². The number of pyridine rings is 1. The lowest BCUT2D eigenvalue weighted by Gasteiger charge is -2.15. The molecule has 24 heavy (non-hydrogen) atoms. The Morgan fingerprint density at radius 3 is 2.62 bits per heavy atom. The molecule has 0 fully saturated rings. The first-order valence-electron chi connectivity index (χ1n) is 9.00. The van der Waals surface area contributed by atoms with Crippen LogP contribution in [-0.2, 0) is 7.05 Å². The highest BCUT2D eigenvalue weighted by molar-refractivity contribution is 6.06. The van der Waals surface area contributed by atoms with Crippen LogP contribution < -0.4 is 5.32 Å². The van der Waals surface area contributed by atoms with Crippen LogP contribution in [0, 0.1) is 6.92 Å². The lowest BCUT2D eigenvalue weighted by atomic mass is 10.0. The van der Waals surface area contributed by atoms with Gasteiger partial charge >= 0.3 is 0 Å². The molecule has 0 saturated heterocycles. The highest BCUT2D eigenvalue weighted by Crippen LogP contribution is 2.25. The molecule has 1 atom stereocenters. The van der Waals surface area contributed by atoms with Crippen LogP contribution in [0.5, 0.6) is 0 Å². The van der Waals surface area contributed by atoms with Gasteiger partial charge in [0.1, 0.15) is 0 Å². The molecular formula is C19H30N4O. The third kappa shape index (κ3) is 3.94. The van der Waals surface area contributed by atoms with Crippen LogP contribution in [-0.4, -0.2) is 26.7 Å². The van der Waals surface area contributed by atoms with E-state index >= 15 is 0 Å². The fraction of sp³-hybridized carbons (Fsp3) is 0.632. The van der Waals surface area contributed by atoms with E-state index in [0.717, 1.165) is 35.3 Å². The topological polar surface area (TPSA) is 59.8 Å². The van der Waals surface area contributed by atoms with Crippen molar-refractivity contribution in [2.45, 2.75) is 72.3 Å². The minimum absolute atomic E-state index is 0.0237. The summed E-state index contributed by atoms with van der Waals surface area (Å²) in [5, 5.41) is 8.46. The fourth-order valence-electron chi connectivity index (χ4n) is 3.01. The van der Waals surface area contributed by atoms with Crippen LogP contribution in [0.25, 0.3) is 11.0 Å². The Balaban J connectivity index is 2.34. The molecular weight excluding hydrogens is 300 g/mol. The van der Waals surface area contributed by atoms with E-state index in [4.69, 9.17) is 4.98 Å². The molecule has 5 heteroatoms. The van der Waals surface area contributed by atoms with Gasteiger partial charge in [0.05, 0.1) is 16.6 Å². The normalized spacial score (nSPS) is 12.8. The van der Waals surface area contributed by atoms with Gasteiger partial charge < -0.3 is 5.32 Å². The molecule has 1 amide bonds. The lowest BCUT2D eigenvalue weighted by Crippen LogP contribution is -2.32. The Bertz CT molecular complexity index is 718. The summed E-state index contributed by atoms with van der Waals surface area (Å²) in [5.41, 5.74) is 3.24. The number of rotatable bonds is 7. The molecule has 132 valence electrons. The van der Waals surface area contributed by atoms with Crippen molar-refractivity contribution in [3.63, 3.8) is 0 Å². The van der Waals surface area contributed by atoms with Gasteiger partial charge in [0.15, 0.2) is 5.65 Å². The van der Waals surface area contributed by atoms with Crippen molar-refractivity contribution >= 4 is 16.9 Å². The minimum atomic E-state index is -0.0237. The van der Waals surface area contributed by atoms with Crippen molar-refractivity contribution < 1.29 is 4.79 Å². The van der Waals surface area contributed by atoms with Crippen LogP contribution in [0.3, 0.4) is 0 Å². The van der Waals surface area contributed by atoms with Gasteiger partial charge in [0, 0.05) is 18.8 Å². The van der Waals surface area contributed by atoms with Crippen LogP contribution in [0.2, 0.25) is 0 Å². The van der Waals surface area contributed by atoms with E-state index in [9.17, 15) is 4.79 Å². The molecule has 0 aliphatic rings. The molecule has 2 aromatic rings. The first-order valence-corrected chi connectivity index (χ1v) is 9.00. The largest absolute Gasteiger partial charge is 0.350 e. The van der Waals surface area contributed by atoms with Crippen LogP contribution in [0.4, 0.5) is 0 Å². The van der Waals surface area contributed by atoms with E-state index in [-0.39, 0.29) is 17.9 Å². The molecule has 0 radical (unpaired) electrons. The summed E-state index contributed by atoms with van der Waals surface area (Å²) in [6.07, 6.45) is 4.56. The number of unbranched alkanes of at least 4 members (excludes halogenated alkanes) is 2. The number of aryl methyl sites for hydroxylation is 2. The number of aromatic nitrogens is 3. The Morgan fingerprint density at radius 1 is 1.29 bits per heavy atom. The summed E-state index contributed by atoms with van der Waals surface area (Å²) < 4.78 is 1.76. The van der Waals surface area contributed by atoms with Crippen LogP contribution in [0.15, 0.2) is 6.07 Å². The van der Waals surface area contributed by atoms with Gasteiger partial charge in [-0.15, -0.1) is 0 Å². The third-order valence-corrected chi connectivity index (χ3v) is 4.44. The highest BCUT2D eigenvalue weighted by Gasteiger charge is 2.20. The molecule has 0 spiro atoms. The van der Waals surface area contributed by atoms with Crippen LogP contribution in [0.1, 0.15) is 81.0 Å². The SMILES string of the molecule is CCCCCC(C)NC(=O)c1cc(C(C)C)nc2c1c(C)nn2C. The number of fused-ring (bicyclic) bond motifs is 1. The Hall–Kier alpha value is -1.91. The number of hydrogen-bond donors (Lipinski definition) is 1. The molecule has 2 heterocycles. The summed E-state index contributed by atoms with van der Waals surface area (Å²) in [6, 6.07) is 2.10. The molecule has 0 aliphatic heterocycles. The molecule has 1 unspecified atom stereocenters. The molecule has 5 nitrogen and oxygen atoms in total. The van der Waals surface area contributed by atoms with E-state index in [1.165, 1.54) is 12.8 Å². The minimum Gasteiger partial charge on any atom is -0.350 e. The van der Waals surface area contributed by atoms with Crippen molar-refractivity contribution in [2.24, 2.45) is 7.05 Å². The molecule has 0 aromatic carbocycles. The average molecular weight is 330 g/mol. The second-order valence-corrected chi connectivity index (χ2v) is 7.03. The molecule has 1 N–H and O–H groups in total. The van der Waals surface area contributed by atoms with Crippen molar-refractivity contribution in [3.8, 4) is 0 Å². The van der Waals surface area contributed by atoms with Gasteiger partial charge in [0.2, 0.25) is 0 Å². The molecule has 2 rings (SSSR count). The van der Waals surface area contributed by atoms with E-state index in [1.807, 2.05) is 20.0 Å². The summed E-state index contributed by atoms with van der Waals surface area (Å²) >= 11 is 0. The third-order valence-electron chi connectivity index (χ3n) is 4.44. The number of nitrogens with zero attached hydrogens (tertiary/aromatic N) is 3. The first kappa shape index (κ1) is 18.4. The van der Waals surface area contributed by atoms with E-state index in [1.54, 1.807) is 4.68 Å². The number of carbonyl (C=O) groups is 1. The van der Waals surface area contributed by atoms with Gasteiger partial charge in [-0.05, 0) is 32.3 Å². The molecule has 0 aliphatic carbocycles.